The van der Waals surface area contributed by atoms with Crippen LogP contribution in [0.2, 0.25) is 0 Å². The molecule has 0 saturated carbocycles. The van der Waals surface area contributed by atoms with Crippen LogP contribution in [-0.4, -0.2) is 0 Å². The van der Waals surface area contributed by atoms with Crippen molar-refractivity contribution in [2.45, 2.75) is 13.0 Å². The fourth-order valence-electron chi connectivity index (χ4n) is 0.766. The first kappa shape index (κ1) is 11.1. The summed E-state index contributed by atoms with van der Waals surface area (Å²) >= 11 is 3.35. The average Bonchev–Trinajstić information content (AvgIpc) is 1.88. The largest absolute Gasteiger partial charge is 0.324 e. The zero-order valence-electron chi connectivity index (χ0n) is 6.25. The first-order valence-corrected chi connectivity index (χ1v) is 4.00. The van der Waals surface area contributed by atoms with Crippen molar-refractivity contribution in [3.63, 3.8) is 0 Å². The van der Waals surface area contributed by atoms with Gasteiger partial charge in [-0.2, -0.15) is 0 Å². The molecular formula is C8H11Br2N. The molecule has 0 amide bonds. The van der Waals surface area contributed by atoms with Gasteiger partial charge in [0.2, 0.25) is 0 Å². The summed E-state index contributed by atoms with van der Waals surface area (Å²) in [4.78, 5) is 0. The van der Waals surface area contributed by atoms with E-state index in [0.29, 0.717) is 0 Å². The Labute approximate surface area is 85.9 Å². The monoisotopic (exact) mass is 279 g/mol. The van der Waals surface area contributed by atoms with Crippen molar-refractivity contribution in [1.29, 1.82) is 0 Å². The highest BCUT2D eigenvalue weighted by Gasteiger charge is 1.96. The lowest BCUT2D eigenvalue weighted by Crippen LogP contribution is -2.03. The van der Waals surface area contributed by atoms with Crippen molar-refractivity contribution in [2.75, 3.05) is 0 Å². The number of benzene rings is 1. The van der Waals surface area contributed by atoms with Crippen LogP contribution in [0, 0.1) is 0 Å². The fourth-order valence-corrected chi connectivity index (χ4v) is 1.03. The number of rotatable bonds is 1. The first-order valence-electron chi connectivity index (χ1n) is 3.21. The van der Waals surface area contributed by atoms with Gasteiger partial charge >= 0.3 is 0 Å². The topological polar surface area (TPSA) is 26.0 Å². The van der Waals surface area contributed by atoms with E-state index in [0.717, 1.165) is 4.47 Å². The highest BCUT2D eigenvalue weighted by atomic mass is 79.9. The van der Waals surface area contributed by atoms with Gasteiger partial charge in [0.1, 0.15) is 0 Å². The Morgan fingerprint density at radius 3 is 2.09 bits per heavy atom. The third kappa shape index (κ3) is 3.36. The lowest BCUT2D eigenvalue weighted by molar-refractivity contribution is 0.818. The Bertz CT molecular complexity index is 206. The van der Waals surface area contributed by atoms with Gasteiger partial charge in [0.25, 0.3) is 0 Å². The molecule has 0 heterocycles. The van der Waals surface area contributed by atoms with Crippen LogP contribution < -0.4 is 5.73 Å². The molecule has 0 aliphatic carbocycles. The molecule has 1 aromatic rings. The molecule has 1 atom stereocenters. The molecule has 0 aliphatic rings. The van der Waals surface area contributed by atoms with Crippen LogP contribution in [0.5, 0.6) is 0 Å². The van der Waals surface area contributed by atoms with E-state index in [1.807, 2.05) is 31.2 Å². The highest BCUT2D eigenvalue weighted by Crippen LogP contribution is 2.14. The van der Waals surface area contributed by atoms with Gasteiger partial charge in [-0.05, 0) is 24.6 Å². The molecule has 0 aromatic heterocycles. The Morgan fingerprint density at radius 1 is 1.27 bits per heavy atom. The van der Waals surface area contributed by atoms with Crippen LogP contribution in [0.3, 0.4) is 0 Å². The Kier molecular flexibility index (Phi) is 4.97. The van der Waals surface area contributed by atoms with Crippen molar-refractivity contribution < 1.29 is 0 Å². The van der Waals surface area contributed by atoms with E-state index in [4.69, 9.17) is 5.73 Å². The first-order chi connectivity index (χ1) is 4.70. The minimum Gasteiger partial charge on any atom is -0.324 e. The molecule has 1 aromatic carbocycles. The number of nitrogens with two attached hydrogens (primary N) is 1. The van der Waals surface area contributed by atoms with Crippen LogP contribution in [0.15, 0.2) is 28.7 Å². The minimum absolute atomic E-state index is 0. The maximum atomic E-state index is 5.65. The molecule has 11 heavy (non-hydrogen) atoms. The predicted octanol–water partition coefficient (Wildman–Crippen LogP) is 3.05. The van der Waals surface area contributed by atoms with Crippen LogP contribution in [0.4, 0.5) is 0 Å². The van der Waals surface area contributed by atoms with Gasteiger partial charge in [-0.15, -0.1) is 17.0 Å². The molecule has 62 valence electrons. The van der Waals surface area contributed by atoms with E-state index < -0.39 is 0 Å². The van der Waals surface area contributed by atoms with Crippen LogP contribution in [0.1, 0.15) is 18.5 Å². The molecular weight excluding hydrogens is 270 g/mol. The molecule has 1 nitrogen and oxygen atoms in total. The smallest absolute Gasteiger partial charge is 0.0266 e. The molecule has 0 fully saturated rings. The second-order valence-electron chi connectivity index (χ2n) is 2.34. The maximum absolute atomic E-state index is 5.65. The van der Waals surface area contributed by atoms with E-state index in [9.17, 15) is 0 Å². The molecule has 3 heteroatoms. The van der Waals surface area contributed by atoms with E-state index in [1.165, 1.54) is 5.56 Å². The Morgan fingerprint density at radius 2 is 1.73 bits per heavy atom. The SMILES string of the molecule is Br.C[C@H](N)c1ccc(Br)cc1. The van der Waals surface area contributed by atoms with E-state index in [1.54, 1.807) is 0 Å². The van der Waals surface area contributed by atoms with Gasteiger partial charge in [-0.3, -0.25) is 0 Å². The Balaban J connectivity index is 0.000001000. The summed E-state index contributed by atoms with van der Waals surface area (Å²) in [5.74, 6) is 0. The molecule has 0 saturated heterocycles. The molecule has 0 radical (unpaired) electrons. The normalized spacial score (nSPS) is 11.9. The van der Waals surface area contributed by atoms with Gasteiger partial charge in [-0.25, -0.2) is 0 Å². The fraction of sp³-hybridized carbons (Fsp3) is 0.250. The summed E-state index contributed by atoms with van der Waals surface area (Å²) in [5, 5.41) is 0. The molecule has 2 N–H and O–H groups in total. The Hall–Kier alpha value is 0.140. The van der Waals surface area contributed by atoms with Gasteiger partial charge in [-0.1, -0.05) is 28.1 Å². The summed E-state index contributed by atoms with van der Waals surface area (Å²) in [7, 11) is 0. The average molecular weight is 281 g/mol. The summed E-state index contributed by atoms with van der Waals surface area (Å²) in [6, 6.07) is 8.18. The number of halogens is 2. The lowest BCUT2D eigenvalue weighted by Gasteiger charge is -2.03. The second kappa shape index (κ2) is 4.91. The molecule has 0 aliphatic heterocycles. The third-order valence-electron chi connectivity index (χ3n) is 1.40. The van der Waals surface area contributed by atoms with Crippen molar-refractivity contribution in [2.24, 2.45) is 5.73 Å². The van der Waals surface area contributed by atoms with Crippen LogP contribution in [-0.2, 0) is 0 Å². The zero-order chi connectivity index (χ0) is 7.56. The third-order valence-corrected chi connectivity index (χ3v) is 1.92. The van der Waals surface area contributed by atoms with Crippen LogP contribution in [0.25, 0.3) is 0 Å². The van der Waals surface area contributed by atoms with E-state index >= 15 is 0 Å². The van der Waals surface area contributed by atoms with Gasteiger partial charge < -0.3 is 5.73 Å². The van der Waals surface area contributed by atoms with Crippen molar-refractivity contribution in [3.05, 3.63) is 34.3 Å². The van der Waals surface area contributed by atoms with Crippen molar-refractivity contribution in [1.82, 2.24) is 0 Å². The van der Waals surface area contributed by atoms with Gasteiger partial charge in [0.15, 0.2) is 0 Å². The molecule has 1 rings (SSSR count). The summed E-state index contributed by atoms with van der Waals surface area (Å²) in [6.45, 7) is 1.98. The van der Waals surface area contributed by atoms with Crippen molar-refractivity contribution >= 4 is 32.9 Å². The highest BCUT2D eigenvalue weighted by molar-refractivity contribution is 9.10. The summed E-state index contributed by atoms with van der Waals surface area (Å²) < 4.78 is 1.09. The number of hydrogen-bond acceptors (Lipinski definition) is 1. The molecule has 0 spiro atoms. The second-order valence-corrected chi connectivity index (χ2v) is 3.26. The predicted molar refractivity (Wildman–Crippen MR) is 57.1 cm³/mol. The lowest BCUT2D eigenvalue weighted by atomic mass is 10.1. The standard InChI is InChI=1S/C8H10BrN.BrH/c1-6(10)7-2-4-8(9)5-3-7;/h2-6H,10H2,1H3;1H/t6-;/m0./s1. The van der Waals surface area contributed by atoms with E-state index in [-0.39, 0.29) is 23.0 Å². The van der Waals surface area contributed by atoms with Crippen molar-refractivity contribution in [3.8, 4) is 0 Å². The van der Waals surface area contributed by atoms with Gasteiger partial charge in [0.05, 0.1) is 0 Å². The summed E-state index contributed by atoms with van der Waals surface area (Å²) in [5.41, 5.74) is 6.82. The van der Waals surface area contributed by atoms with Gasteiger partial charge in [0, 0.05) is 10.5 Å². The summed E-state index contributed by atoms with van der Waals surface area (Å²) in [6.07, 6.45) is 0. The quantitative estimate of drug-likeness (QED) is 0.841. The maximum Gasteiger partial charge on any atom is 0.0266 e. The molecule has 0 unspecified atom stereocenters. The minimum atomic E-state index is 0. The van der Waals surface area contributed by atoms with E-state index in [2.05, 4.69) is 15.9 Å². The number of hydrogen-bond donors (Lipinski definition) is 1. The van der Waals surface area contributed by atoms with Crippen LogP contribution >= 0.6 is 32.9 Å². The zero-order valence-corrected chi connectivity index (χ0v) is 9.55. The molecule has 0 bridgehead atoms.